The molecule has 1 heterocycles. The summed E-state index contributed by atoms with van der Waals surface area (Å²) in [4.78, 5) is 0.226. The SMILES string of the molecule is CCc1nn(CCSC)c(CC)c1S(N)(=O)=O. The summed E-state index contributed by atoms with van der Waals surface area (Å²) >= 11 is 1.70. The maximum absolute atomic E-state index is 11.6. The minimum atomic E-state index is -3.68. The number of hydrogen-bond donors (Lipinski definition) is 1. The number of nitrogens with two attached hydrogens (primary N) is 1. The molecule has 0 aliphatic heterocycles. The average molecular weight is 277 g/mol. The van der Waals surface area contributed by atoms with Gasteiger partial charge in [-0.05, 0) is 19.1 Å². The Morgan fingerprint density at radius 3 is 2.41 bits per heavy atom. The van der Waals surface area contributed by atoms with Crippen LogP contribution in [-0.2, 0) is 29.4 Å². The largest absolute Gasteiger partial charge is 0.267 e. The summed E-state index contributed by atoms with van der Waals surface area (Å²) < 4.78 is 25.0. The van der Waals surface area contributed by atoms with E-state index in [0.29, 0.717) is 25.1 Å². The molecule has 7 heteroatoms. The molecule has 0 fully saturated rings. The van der Waals surface area contributed by atoms with Gasteiger partial charge in [-0.2, -0.15) is 16.9 Å². The summed E-state index contributed by atoms with van der Waals surface area (Å²) in [6.07, 6.45) is 3.20. The van der Waals surface area contributed by atoms with Crippen LogP contribution in [-0.4, -0.2) is 30.2 Å². The first-order valence-electron chi connectivity index (χ1n) is 5.55. The van der Waals surface area contributed by atoms with Crippen LogP contribution in [0.2, 0.25) is 0 Å². The van der Waals surface area contributed by atoms with Crippen LogP contribution >= 0.6 is 11.8 Å². The van der Waals surface area contributed by atoms with Crippen molar-refractivity contribution in [1.29, 1.82) is 0 Å². The van der Waals surface area contributed by atoms with Crippen molar-refractivity contribution in [2.45, 2.75) is 38.1 Å². The van der Waals surface area contributed by atoms with Crippen LogP contribution in [0, 0.1) is 0 Å². The van der Waals surface area contributed by atoms with Gasteiger partial charge in [0.15, 0.2) is 0 Å². The molecule has 0 amide bonds. The minimum Gasteiger partial charge on any atom is -0.267 e. The Morgan fingerprint density at radius 1 is 1.35 bits per heavy atom. The first-order valence-corrected chi connectivity index (χ1v) is 8.50. The number of aromatic nitrogens is 2. The van der Waals surface area contributed by atoms with Gasteiger partial charge in [-0.25, -0.2) is 13.6 Å². The predicted molar refractivity (Wildman–Crippen MR) is 70.7 cm³/mol. The van der Waals surface area contributed by atoms with Crippen LogP contribution < -0.4 is 5.14 Å². The second kappa shape index (κ2) is 5.88. The second-order valence-corrected chi connectivity index (χ2v) is 6.17. The molecule has 0 saturated carbocycles. The lowest BCUT2D eigenvalue weighted by Crippen LogP contribution is -2.16. The van der Waals surface area contributed by atoms with E-state index >= 15 is 0 Å². The zero-order chi connectivity index (χ0) is 13.1. The van der Waals surface area contributed by atoms with Gasteiger partial charge in [0.05, 0.1) is 17.9 Å². The molecule has 0 saturated heterocycles. The fourth-order valence-electron chi connectivity index (χ4n) is 1.80. The number of sulfonamides is 1. The Labute approximate surface area is 107 Å². The molecule has 1 aromatic rings. The number of hydrogen-bond acceptors (Lipinski definition) is 4. The Kier molecular flexibility index (Phi) is 5.03. The molecular formula is C10H19N3O2S2. The van der Waals surface area contributed by atoms with Crippen LogP contribution in [0.5, 0.6) is 0 Å². The van der Waals surface area contributed by atoms with Gasteiger partial charge >= 0.3 is 0 Å². The molecule has 0 unspecified atom stereocenters. The highest BCUT2D eigenvalue weighted by molar-refractivity contribution is 7.98. The van der Waals surface area contributed by atoms with Crippen LogP contribution in [0.15, 0.2) is 4.90 Å². The number of rotatable bonds is 6. The summed E-state index contributed by atoms with van der Waals surface area (Å²) in [5.41, 5.74) is 1.30. The van der Waals surface area contributed by atoms with Gasteiger partial charge in [-0.1, -0.05) is 13.8 Å². The third-order valence-electron chi connectivity index (χ3n) is 2.54. The van der Waals surface area contributed by atoms with E-state index in [1.165, 1.54) is 0 Å². The molecule has 1 rings (SSSR count). The third-order valence-corrected chi connectivity index (χ3v) is 4.17. The van der Waals surface area contributed by atoms with Gasteiger partial charge in [-0.15, -0.1) is 0 Å². The fraction of sp³-hybridized carbons (Fsp3) is 0.700. The molecule has 98 valence electrons. The topological polar surface area (TPSA) is 78.0 Å². The van der Waals surface area contributed by atoms with Crippen molar-refractivity contribution >= 4 is 21.8 Å². The van der Waals surface area contributed by atoms with Crippen LogP contribution in [0.25, 0.3) is 0 Å². The molecule has 5 nitrogen and oxygen atoms in total. The first-order chi connectivity index (χ1) is 7.95. The third kappa shape index (κ3) is 3.23. The van der Waals surface area contributed by atoms with Crippen molar-refractivity contribution in [2.75, 3.05) is 12.0 Å². The van der Waals surface area contributed by atoms with E-state index in [0.717, 1.165) is 11.4 Å². The molecule has 1 aromatic heterocycles. The summed E-state index contributed by atoms with van der Waals surface area (Å²) in [6, 6.07) is 0. The summed E-state index contributed by atoms with van der Waals surface area (Å²) in [6.45, 7) is 4.52. The molecule has 0 aromatic carbocycles. The molecule has 0 bridgehead atoms. The van der Waals surface area contributed by atoms with Crippen molar-refractivity contribution < 1.29 is 8.42 Å². The predicted octanol–water partition coefficient (Wildman–Crippen LogP) is 1.02. The zero-order valence-corrected chi connectivity index (χ0v) is 12.1. The molecule has 0 radical (unpaired) electrons. The lowest BCUT2D eigenvalue weighted by atomic mass is 10.2. The van der Waals surface area contributed by atoms with Gasteiger partial charge in [0.2, 0.25) is 10.0 Å². The molecular weight excluding hydrogens is 258 g/mol. The number of nitrogens with zero attached hydrogens (tertiary/aromatic N) is 2. The number of aryl methyl sites for hydroxylation is 2. The van der Waals surface area contributed by atoms with E-state index in [9.17, 15) is 8.42 Å². The Morgan fingerprint density at radius 2 is 2.00 bits per heavy atom. The van der Waals surface area contributed by atoms with Crippen LogP contribution in [0.4, 0.5) is 0 Å². The van der Waals surface area contributed by atoms with E-state index < -0.39 is 10.0 Å². The van der Waals surface area contributed by atoms with Gasteiger partial charge < -0.3 is 0 Å². The highest BCUT2D eigenvalue weighted by Gasteiger charge is 2.23. The molecule has 0 spiro atoms. The Hall–Kier alpha value is -0.530. The van der Waals surface area contributed by atoms with Gasteiger partial charge in [0, 0.05) is 5.75 Å². The minimum absolute atomic E-state index is 0.226. The quantitative estimate of drug-likeness (QED) is 0.842. The number of thioether (sulfide) groups is 1. The van der Waals surface area contributed by atoms with Crippen molar-refractivity contribution in [1.82, 2.24) is 9.78 Å². The molecule has 0 aliphatic rings. The normalized spacial score (nSPS) is 12.0. The zero-order valence-electron chi connectivity index (χ0n) is 10.4. The average Bonchev–Trinajstić information content (AvgIpc) is 2.63. The Balaban J connectivity index is 3.31. The van der Waals surface area contributed by atoms with Gasteiger partial charge in [0.25, 0.3) is 0 Å². The second-order valence-electron chi connectivity index (χ2n) is 3.69. The van der Waals surface area contributed by atoms with E-state index in [1.54, 1.807) is 16.4 Å². The van der Waals surface area contributed by atoms with E-state index in [1.807, 2.05) is 20.1 Å². The summed E-state index contributed by atoms with van der Waals surface area (Å²) in [7, 11) is -3.68. The molecule has 17 heavy (non-hydrogen) atoms. The van der Waals surface area contributed by atoms with Gasteiger partial charge in [0.1, 0.15) is 4.90 Å². The monoisotopic (exact) mass is 277 g/mol. The van der Waals surface area contributed by atoms with Crippen LogP contribution in [0.3, 0.4) is 0 Å². The maximum atomic E-state index is 11.6. The van der Waals surface area contributed by atoms with E-state index in [4.69, 9.17) is 5.14 Å². The molecule has 0 aliphatic carbocycles. The lowest BCUT2D eigenvalue weighted by molar-refractivity contribution is 0.593. The van der Waals surface area contributed by atoms with Gasteiger partial charge in [-0.3, -0.25) is 4.68 Å². The standard InChI is InChI=1S/C10H19N3O2S2/c1-4-8-10(17(11,14)15)9(5-2)13(12-8)6-7-16-3/h4-7H2,1-3H3,(H2,11,14,15). The fourth-order valence-corrected chi connectivity index (χ4v) is 3.25. The first kappa shape index (κ1) is 14.5. The van der Waals surface area contributed by atoms with Crippen molar-refractivity contribution in [2.24, 2.45) is 5.14 Å². The van der Waals surface area contributed by atoms with Crippen molar-refractivity contribution in [3.8, 4) is 0 Å². The Bertz CT molecular complexity index is 480. The lowest BCUT2D eigenvalue weighted by Gasteiger charge is -2.05. The molecule has 0 atom stereocenters. The van der Waals surface area contributed by atoms with Crippen LogP contribution in [0.1, 0.15) is 25.2 Å². The summed E-state index contributed by atoms with van der Waals surface area (Å²) in [5.74, 6) is 0.905. The highest BCUT2D eigenvalue weighted by atomic mass is 32.2. The smallest absolute Gasteiger partial charge is 0.241 e. The van der Waals surface area contributed by atoms with Crippen molar-refractivity contribution in [3.05, 3.63) is 11.4 Å². The number of primary sulfonamides is 1. The van der Waals surface area contributed by atoms with E-state index in [-0.39, 0.29) is 4.90 Å². The van der Waals surface area contributed by atoms with E-state index in [2.05, 4.69) is 5.10 Å². The van der Waals surface area contributed by atoms with Crippen molar-refractivity contribution in [3.63, 3.8) is 0 Å². The maximum Gasteiger partial charge on any atom is 0.241 e. The molecule has 2 N–H and O–H groups in total. The highest BCUT2D eigenvalue weighted by Crippen LogP contribution is 2.20. The summed E-state index contributed by atoms with van der Waals surface area (Å²) in [5, 5.41) is 9.61.